The zero-order chi connectivity index (χ0) is 28.7. The number of amides is 3. The van der Waals surface area contributed by atoms with Crippen molar-refractivity contribution < 1.29 is 19.1 Å². The van der Waals surface area contributed by atoms with Gasteiger partial charge in [-0.25, -0.2) is 4.79 Å². The van der Waals surface area contributed by atoms with Crippen LogP contribution in [0.25, 0.3) is 0 Å². The van der Waals surface area contributed by atoms with Crippen LogP contribution in [0, 0.1) is 18.8 Å². The maximum atomic E-state index is 14.3. The van der Waals surface area contributed by atoms with Crippen LogP contribution >= 0.6 is 0 Å². The molecule has 0 saturated heterocycles. The van der Waals surface area contributed by atoms with E-state index in [1.54, 1.807) is 25.7 Å². The summed E-state index contributed by atoms with van der Waals surface area (Å²) >= 11 is 0. The molecule has 0 heterocycles. The number of ether oxygens (including phenoxy) is 1. The van der Waals surface area contributed by atoms with Crippen LogP contribution in [0.5, 0.6) is 0 Å². The van der Waals surface area contributed by atoms with E-state index in [9.17, 15) is 14.4 Å². The summed E-state index contributed by atoms with van der Waals surface area (Å²) in [7, 11) is 0. The summed E-state index contributed by atoms with van der Waals surface area (Å²) in [6.07, 6.45) is 0.977. The SMILES string of the molecule is Cc1cccc(C(C(=O)NC(C)(C)C)N(C(=O)C(NC(=O)OC(C)(C)C)C(C)C)C(C)CCC(C)C)c1. The maximum Gasteiger partial charge on any atom is 0.408 e. The van der Waals surface area contributed by atoms with E-state index in [0.717, 1.165) is 24.0 Å². The molecule has 0 fully saturated rings. The van der Waals surface area contributed by atoms with Gasteiger partial charge in [-0.3, -0.25) is 9.59 Å². The minimum atomic E-state index is -0.855. The molecule has 1 aromatic rings. The van der Waals surface area contributed by atoms with Gasteiger partial charge in [-0.05, 0) is 85.6 Å². The number of aryl methyl sites for hydroxylation is 1. The minimum absolute atomic E-state index is 0.219. The van der Waals surface area contributed by atoms with Crippen molar-refractivity contribution in [2.45, 2.75) is 125 Å². The normalized spacial score (nSPS) is 14.6. The number of carbonyl (C=O) groups is 3. The Kier molecular flexibility index (Phi) is 11.7. The fourth-order valence-corrected chi connectivity index (χ4v) is 4.14. The summed E-state index contributed by atoms with van der Waals surface area (Å²) < 4.78 is 5.46. The molecule has 0 aliphatic rings. The molecule has 1 rings (SSSR count). The molecule has 0 spiro atoms. The number of nitrogens with one attached hydrogen (secondary N) is 2. The van der Waals surface area contributed by atoms with Gasteiger partial charge >= 0.3 is 6.09 Å². The van der Waals surface area contributed by atoms with Gasteiger partial charge in [-0.1, -0.05) is 57.5 Å². The second-order valence-corrected chi connectivity index (χ2v) is 13.0. The standard InChI is InChI=1S/C30H51N3O4/c1-19(2)16-17-22(6)33(27(35)24(20(3)4)31-28(36)37-30(10,11)12)25(26(34)32-29(7,8)9)23-15-13-14-21(5)18-23/h13-15,18-20,22,24-25H,16-17H2,1-12H3,(H,31,36)(H,32,34). The third kappa shape index (κ3) is 11.1. The Morgan fingerprint density at radius 3 is 2.00 bits per heavy atom. The van der Waals surface area contributed by atoms with Crippen LogP contribution in [0.2, 0.25) is 0 Å². The van der Waals surface area contributed by atoms with Crippen molar-refractivity contribution in [3.05, 3.63) is 35.4 Å². The summed E-state index contributed by atoms with van der Waals surface area (Å²) in [6.45, 7) is 23.1. The van der Waals surface area contributed by atoms with E-state index >= 15 is 0 Å². The summed E-state index contributed by atoms with van der Waals surface area (Å²) in [6, 6.07) is 5.77. The molecule has 0 aromatic heterocycles. The molecule has 0 aliphatic heterocycles. The van der Waals surface area contributed by atoms with Gasteiger partial charge in [0.05, 0.1) is 0 Å². The first-order valence-corrected chi connectivity index (χ1v) is 13.5. The molecule has 0 aliphatic carbocycles. The molecule has 0 saturated carbocycles. The average molecular weight is 518 g/mol. The van der Waals surface area contributed by atoms with Gasteiger partial charge in [0.25, 0.3) is 0 Å². The molecular weight excluding hydrogens is 466 g/mol. The summed E-state index contributed by atoms with van der Waals surface area (Å²) in [5.41, 5.74) is 0.559. The number of rotatable bonds is 10. The third-order valence-electron chi connectivity index (χ3n) is 5.88. The number of hydrogen-bond donors (Lipinski definition) is 2. The van der Waals surface area contributed by atoms with Crippen molar-refractivity contribution in [2.24, 2.45) is 11.8 Å². The lowest BCUT2D eigenvalue weighted by molar-refractivity contribution is -0.146. The highest BCUT2D eigenvalue weighted by molar-refractivity contribution is 5.92. The van der Waals surface area contributed by atoms with Crippen molar-refractivity contribution in [3.8, 4) is 0 Å². The zero-order valence-electron chi connectivity index (χ0n) is 25.2. The predicted molar refractivity (Wildman–Crippen MR) is 150 cm³/mol. The molecule has 3 atom stereocenters. The Hall–Kier alpha value is -2.57. The molecule has 1 aromatic carbocycles. The fourth-order valence-electron chi connectivity index (χ4n) is 4.14. The molecular formula is C30H51N3O4. The molecule has 7 heteroatoms. The highest BCUT2D eigenvalue weighted by Crippen LogP contribution is 2.29. The second kappa shape index (κ2) is 13.3. The largest absolute Gasteiger partial charge is 0.444 e. The molecule has 37 heavy (non-hydrogen) atoms. The van der Waals surface area contributed by atoms with Gasteiger partial charge in [-0.15, -0.1) is 0 Å². The van der Waals surface area contributed by atoms with E-state index in [-0.39, 0.29) is 23.8 Å². The molecule has 2 N–H and O–H groups in total. The zero-order valence-corrected chi connectivity index (χ0v) is 25.2. The fraction of sp³-hybridized carbons (Fsp3) is 0.700. The van der Waals surface area contributed by atoms with Gasteiger partial charge in [0.2, 0.25) is 11.8 Å². The molecule has 3 amide bonds. The Balaban J connectivity index is 3.63. The quantitative estimate of drug-likeness (QED) is 0.389. The van der Waals surface area contributed by atoms with Crippen LogP contribution in [0.15, 0.2) is 24.3 Å². The average Bonchev–Trinajstić information content (AvgIpc) is 2.70. The number of hydrogen-bond acceptors (Lipinski definition) is 4. The van der Waals surface area contributed by atoms with Crippen LogP contribution in [-0.2, 0) is 14.3 Å². The summed E-state index contributed by atoms with van der Waals surface area (Å²) in [5, 5.41) is 5.88. The number of benzene rings is 1. The van der Waals surface area contributed by atoms with Crippen LogP contribution in [-0.4, -0.2) is 46.0 Å². The number of alkyl carbamates (subject to hydrolysis) is 1. The monoisotopic (exact) mass is 517 g/mol. The van der Waals surface area contributed by atoms with Crippen LogP contribution in [0.3, 0.4) is 0 Å². The van der Waals surface area contributed by atoms with Crippen molar-refractivity contribution in [1.82, 2.24) is 15.5 Å². The topological polar surface area (TPSA) is 87.7 Å². The lowest BCUT2D eigenvalue weighted by atomic mass is 9.94. The van der Waals surface area contributed by atoms with E-state index in [4.69, 9.17) is 4.74 Å². The smallest absolute Gasteiger partial charge is 0.408 e. The first kappa shape index (κ1) is 32.5. The molecule has 3 unspecified atom stereocenters. The van der Waals surface area contributed by atoms with Gasteiger partial charge in [-0.2, -0.15) is 0 Å². The van der Waals surface area contributed by atoms with E-state index in [1.807, 2.05) is 72.7 Å². The van der Waals surface area contributed by atoms with Gasteiger partial charge in [0.1, 0.15) is 17.7 Å². The van der Waals surface area contributed by atoms with E-state index in [1.165, 1.54) is 0 Å². The van der Waals surface area contributed by atoms with E-state index in [2.05, 4.69) is 24.5 Å². The number of carbonyl (C=O) groups excluding carboxylic acids is 3. The second-order valence-electron chi connectivity index (χ2n) is 13.0. The van der Waals surface area contributed by atoms with Gasteiger partial charge in [0.15, 0.2) is 0 Å². The van der Waals surface area contributed by atoms with Crippen molar-refractivity contribution in [2.75, 3.05) is 0 Å². The minimum Gasteiger partial charge on any atom is -0.444 e. The van der Waals surface area contributed by atoms with Crippen LogP contribution in [0.4, 0.5) is 4.79 Å². The highest BCUT2D eigenvalue weighted by atomic mass is 16.6. The van der Waals surface area contributed by atoms with Gasteiger partial charge < -0.3 is 20.3 Å². The molecule has 0 radical (unpaired) electrons. The number of nitrogens with zero attached hydrogens (tertiary/aromatic N) is 1. The first-order valence-electron chi connectivity index (χ1n) is 13.5. The Bertz CT molecular complexity index is 912. The lowest BCUT2D eigenvalue weighted by Crippen LogP contribution is -2.58. The van der Waals surface area contributed by atoms with E-state index < -0.39 is 29.3 Å². The highest BCUT2D eigenvalue weighted by Gasteiger charge is 2.40. The third-order valence-corrected chi connectivity index (χ3v) is 5.88. The molecule has 210 valence electrons. The summed E-state index contributed by atoms with van der Waals surface area (Å²) in [5.74, 6) is -0.319. The van der Waals surface area contributed by atoms with Gasteiger partial charge in [0, 0.05) is 11.6 Å². The Labute approximate surface area is 225 Å². The van der Waals surface area contributed by atoms with Crippen molar-refractivity contribution in [3.63, 3.8) is 0 Å². The Morgan fingerprint density at radius 2 is 1.54 bits per heavy atom. The van der Waals surface area contributed by atoms with Crippen LogP contribution in [0.1, 0.15) is 106 Å². The first-order chi connectivity index (χ1) is 16.8. The van der Waals surface area contributed by atoms with E-state index in [0.29, 0.717) is 5.92 Å². The van der Waals surface area contributed by atoms with Crippen molar-refractivity contribution in [1.29, 1.82) is 0 Å². The molecule has 7 nitrogen and oxygen atoms in total. The lowest BCUT2D eigenvalue weighted by Gasteiger charge is -2.40. The van der Waals surface area contributed by atoms with Crippen LogP contribution < -0.4 is 10.6 Å². The maximum absolute atomic E-state index is 14.3. The van der Waals surface area contributed by atoms with Crippen molar-refractivity contribution >= 4 is 17.9 Å². The molecule has 0 bridgehead atoms. The summed E-state index contributed by atoms with van der Waals surface area (Å²) in [4.78, 5) is 42.6. The predicted octanol–water partition coefficient (Wildman–Crippen LogP) is 6.15. The Morgan fingerprint density at radius 1 is 0.946 bits per heavy atom.